The Morgan fingerprint density at radius 3 is 1.65 bits per heavy atom. The molecule has 0 bridgehead atoms. The summed E-state index contributed by atoms with van der Waals surface area (Å²) in [5.41, 5.74) is -0.861. The van der Waals surface area contributed by atoms with E-state index in [9.17, 15) is 55.5 Å². The number of aromatic hydroxyl groups is 6. The maximum Gasteiger partial charge on any atom is 0.338 e. The Labute approximate surface area is 189 Å². The molecule has 5 atom stereocenters. The zero-order chi connectivity index (χ0) is 25.3. The molecule has 0 radical (unpaired) electrons. The highest BCUT2D eigenvalue weighted by molar-refractivity contribution is 5.92. The zero-order valence-corrected chi connectivity index (χ0v) is 17.0. The van der Waals surface area contributed by atoms with Gasteiger partial charge in [0, 0.05) is 0 Å². The summed E-state index contributed by atoms with van der Waals surface area (Å²) in [7, 11) is 0. The van der Waals surface area contributed by atoms with Crippen LogP contribution >= 0.6 is 0 Å². The Hall–Kier alpha value is -3.98. The third kappa shape index (κ3) is 4.84. The number of phenols is 6. The number of carbonyl (C=O) groups is 2. The number of benzene rings is 2. The van der Waals surface area contributed by atoms with Crippen LogP contribution in [0.1, 0.15) is 20.7 Å². The van der Waals surface area contributed by atoms with E-state index in [1.54, 1.807) is 0 Å². The molecule has 0 saturated carbocycles. The van der Waals surface area contributed by atoms with Gasteiger partial charge < -0.3 is 60.2 Å². The minimum Gasteiger partial charge on any atom is -0.504 e. The second-order valence-corrected chi connectivity index (χ2v) is 7.24. The molecule has 9 N–H and O–H groups in total. The number of ether oxygens (including phenoxy) is 3. The fourth-order valence-electron chi connectivity index (χ4n) is 3.08. The lowest BCUT2D eigenvalue weighted by atomic mass is 9.99. The number of hydrogen-bond acceptors (Lipinski definition) is 14. The summed E-state index contributed by atoms with van der Waals surface area (Å²) >= 11 is 0. The topological polar surface area (TPSA) is 244 Å². The van der Waals surface area contributed by atoms with Crippen molar-refractivity contribution in [1.82, 2.24) is 0 Å². The first-order valence-corrected chi connectivity index (χ1v) is 9.48. The van der Waals surface area contributed by atoms with E-state index in [-0.39, 0.29) is 0 Å². The molecule has 184 valence electrons. The third-order valence-corrected chi connectivity index (χ3v) is 4.89. The number of aliphatic hydroxyl groups excluding tert-OH is 3. The number of carbonyl (C=O) groups excluding carboxylic acids is 2. The highest BCUT2D eigenvalue weighted by Gasteiger charge is 2.47. The van der Waals surface area contributed by atoms with Crippen molar-refractivity contribution >= 4 is 11.9 Å². The molecule has 1 fully saturated rings. The maximum absolute atomic E-state index is 12.5. The first kappa shape index (κ1) is 24.7. The maximum atomic E-state index is 12.5. The molecule has 34 heavy (non-hydrogen) atoms. The molecule has 0 spiro atoms. The molecule has 2 aromatic carbocycles. The van der Waals surface area contributed by atoms with Gasteiger partial charge >= 0.3 is 11.9 Å². The first-order chi connectivity index (χ1) is 15.9. The summed E-state index contributed by atoms with van der Waals surface area (Å²) in [5.74, 6) is -7.52. The van der Waals surface area contributed by atoms with Crippen LogP contribution in [-0.4, -0.2) is 95.2 Å². The highest BCUT2D eigenvalue weighted by atomic mass is 16.7. The summed E-state index contributed by atoms with van der Waals surface area (Å²) in [6, 6.07) is 3.07. The zero-order valence-electron chi connectivity index (χ0n) is 17.0. The van der Waals surface area contributed by atoms with Crippen LogP contribution in [0.5, 0.6) is 34.5 Å². The van der Waals surface area contributed by atoms with E-state index in [1.165, 1.54) is 0 Å². The van der Waals surface area contributed by atoms with Crippen LogP contribution in [0.2, 0.25) is 0 Å². The van der Waals surface area contributed by atoms with Crippen molar-refractivity contribution in [2.75, 3.05) is 6.61 Å². The van der Waals surface area contributed by atoms with Crippen molar-refractivity contribution in [2.45, 2.75) is 30.7 Å². The Morgan fingerprint density at radius 2 is 1.18 bits per heavy atom. The minimum atomic E-state index is -1.96. The van der Waals surface area contributed by atoms with E-state index >= 15 is 0 Å². The van der Waals surface area contributed by atoms with E-state index in [1.807, 2.05) is 0 Å². The summed E-state index contributed by atoms with van der Waals surface area (Å²) in [4.78, 5) is 24.7. The molecule has 0 amide bonds. The Bertz CT molecular complexity index is 1050. The van der Waals surface area contributed by atoms with Crippen LogP contribution in [0.3, 0.4) is 0 Å². The monoisotopic (exact) mass is 484 g/mol. The predicted molar refractivity (Wildman–Crippen MR) is 105 cm³/mol. The van der Waals surface area contributed by atoms with Crippen LogP contribution in [-0.2, 0) is 14.2 Å². The van der Waals surface area contributed by atoms with E-state index in [0.29, 0.717) is 0 Å². The fourth-order valence-corrected chi connectivity index (χ4v) is 3.08. The van der Waals surface area contributed by atoms with Gasteiger partial charge in [0.15, 0.2) is 46.9 Å². The molecule has 14 heteroatoms. The molecule has 1 aliphatic heterocycles. The first-order valence-electron chi connectivity index (χ1n) is 9.48. The van der Waals surface area contributed by atoms with Crippen molar-refractivity contribution in [3.63, 3.8) is 0 Å². The second kappa shape index (κ2) is 9.48. The molecule has 2 aromatic rings. The summed E-state index contributed by atoms with van der Waals surface area (Å²) in [6.45, 7) is -0.772. The van der Waals surface area contributed by atoms with Crippen LogP contribution in [0.15, 0.2) is 24.3 Å². The molecular weight excluding hydrogens is 464 g/mol. The van der Waals surface area contributed by atoms with Gasteiger partial charge in [-0.3, -0.25) is 0 Å². The van der Waals surface area contributed by atoms with Gasteiger partial charge in [0.2, 0.25) is 0 Å². The second-order valence-electron chi connectivity index (χ2n) is 7.24. The van der Waals surface area contributed by atoms with Crippen molar-refractivity contribution in [3.8, 4) is 34.5 Å². The molecular formula is C20H20O14. The van der Waals surface area contributed by atoms with Gasteiger partial charge in [0.05, 0.1) is 11.1 Å². The predicted octanol–water partition coefficient (Wildman–Crippen LogP) is -1.26. The largest absolute Gasteiger partial charge is 0.504 e. The molecule has 1 aliphatic rings. The third-order valence-electron chi connectivity index (χ3n) is 4.89. The van der Waals surface area contributed by atoms with Crippen LogP contribution in [0.4, 0.5) is 0 Å². The quantitative estimate of drug-likeness (QED) is 0.178. The molecule has 3 rings (SSSR count). The number of phenolic OH excluding ortho intramolecular Hbond substituents is 6. The van der Waals surface area contributed by atoms with Crippen molar-refractivity contribution in [2.24, 2.45) is 0 Å². The minimum absolute atomic E-state index is 0.395. The Kier molecular flexibility index (Phi) is 6.88. The van der Waals surface area contributed by atoms with Gasteiger partial charge in [-0.25, -0.2) is 9.59 Å². The van der Waals surface area contributed by atoms with E-state index in [2.05, 4.69) is 0 Å². The summed E-state index contributed by atoms with van der Waals surface area (Å²) in [5, 5.41) is 86.8. The van der Waals surface area contributed by atoms with Gasteiger partial charge in [0.25, 0.3) is 0 Å². The SMILES string of the molecule is O=C(OCC1O[C@@H](O)C(O)[C@@H](O)[C@@H]1OC(=O)c1cc(O)c(O)c(O)c1)c1cc(O)c(O)c(O)c1. The van der Waals surface area contributed by atoms with Crippen LogP contribution in [0.25, 0.3) is 0 Å². The average Bonchev–Trinajstić information content (AvgIpc) is 2.79. The number of hydrogen-bond donors (Lipinski definition) is 9. The molecule has 0 aliphatic carbocycles. The Balaban J connectivity index is 1.77. The van der Waals surface area contributed by atoms with Gasteiger partial charge in [-0.2, -0.15) is 0 Å². The molecule has 0 aromatic heterocycles. The molecule has 1 heterocycles. The van der Waals surface area contributed by atoms with Gasteiger partial charge in [-0.1, -0.05) is 0 Å². The van der Waals surface area contributed by atoms with E-state index < -0.39 is 94.9 Å². The van der Waals surface area contributed by atoms with Crippen LogP contribution < -0.4 is 0 Å². The normalized spacial score (nSPS) is 24.4. The number of esters is 2. The number of aliphatic hydroxyl groups is 3. The van der Waals surface area contributed by atoms with Crippen molar-refractivity contribution in [1.29, 1.82) is 0 Å². The number of rotatable bonds is 5. The lowest BCUT2D eigenvalue weighted by molar-refractivity contribution is -0.285. The van der Waals surface area contributed by atoms with E-state index in [4.69, 9.17) is 14.2 Å². The molecule has 14 nitrogen and oxygen atoms in total. The summed E-state index contributed by atoms with van der Waals surface area (Å²) in [6.07, 6.45) is -9.11. The van der Waals surface area contributed by atoms with Crippen LogP contribution in [0, 0.1) is 0 Å². The average molecular weight is 484 g/mol. The standard InChI is InChI=1S/C20H20O14/c21-8-1-6(2-9(22)13(8)25)18(29)32-5-12-17(15(27)16(28)20(31)33-12)34-19(30)7-3-10(23)14(26)11(24)4-7/h1-4,12,15-17,20-28,31H,5H2/t12?,15-,16?,17-,20-/m1/s1. The van der Waals surface area contributed by atoms with Crippen molar-refractivity contribution in [3.05, 3.63) is 35.4 Å². The highest BCUT2D eigenvalue weighted by Crippen LogP contribution is 2.37. The Morgan fingerprint density at radius 1 is 0.735 bits per heavy atom. The van der Waals surface area contributed by atoms with Crippen molar-refractivity contribution < 1.29 is 69.8 Å². The molecule has 2 unspecified atom stereocenters. The lowest BCUT2D eigenvalue weighted by Gasteiger charge is -2.39. The van der Waals surface area contributed by atoms with Gasteiger partial charge in [0.1, 0.15) is 24.9 Å². The summed E-state index contributed by atoms with van der Waals surface area (Å²) < 4.78 is 15.1. The van der Waals surface area contributed by atoms with Gasteiger partial charge in [-0.15, -0.1) is 0 Å². The van der Waals surface area contributed by atoms with Gasteiger partial charge in [-0.05, 0) is 24.3 Å². The van der Waals surface area contributed by atoms with E-state index in [0.717, 1.165) is 24.3 Å². The smallest absolute Gasteiger partial charge is 0.338 e. The molecule has 1 saturated heterocycles. The lowest BCUT2D eigenvalue weighted by Crippen LogP contribution is -2.60. The fraction of sp³-hybridized carbons (Fsp3) is 0.300.